The number of rotatable bonds is 2. The largest absolute Gasteiger partial charge is 0.394 e. The van der Waals surface area contributed by atoms with Crippen molar-refractivity contribution in [2.45, 2.75) is 59.2 Å². The number of hydrogen-bond acceptors (Lipinski definition) is 8. The van der Waals surface area contributed by atoms with E-state index in [0.29, 0.717) is 5.65 Å². The van der Waals surface area contributed by atoms with E-state index in [1.165, 1.54) is 18.4 Å². The molecule has 2 aromatic rings. The Labute approximate surface area is 158 Å². The standard InChI is InChI=1S/C12H17N5O3.C3H8O2.C2H6/c1-6-3-7(4-18)20-11(6)17-5-14-8-9(17)15-12(13)16(2)10(8)19;1-3(2,4)5;1-2/h5-7,11,18H,3-4H2,1-2H3,(H2,13,15);4-5H,1-2H3;1-2H3. The Bertz CT molecular complexity index is 789. The molecule has 0 bridgehead atoms. The molecule has 1 aliphatic rings. The molecule has 0 aliphatic carbocycles. The Kier molecular flexibility index (Phi) is 7.90. The fourth-order valence-electron chi connectivity index (χ4n) is 2.62. The van der Waals surface area contributed by atoms with Crippen molar-refractivity contribution in [2.24, 2.45) is 13.0 Å². The highest BCUT2D eigenvalue weighted by atomic mass is 16.5. The molecule has 0 spiro atoms. The van der Waals surface area contributed by atoms with Crippen LogP contribution in [0.15, 0.2) is 11.1 Å². The molecule has 3 atom stereocenters. The number of aliphatic hydroxyl groups is 3. The van der Waals surface area contributed by atoms with Gasteiger partial charge in [0.25, 0.3) is 5.56 Å². The molecule has 10 heteroatoms. The molecule has 27 heavy (non-hydrogen) atoms. The lowest BCUT2D eigenvalue weighted by molar-refractivity contribution is -0.127. The summed E-state index contributed by atoms with van der Waals surface area (Å²) in [6, 6.07) is 0. The highest BCUT2D eigenvalue weighted by Crippen LogP contribution is 2.35. The zero-order chi connectivity index (χ0) is 20.9. The third-order valence-corrected chi connectivity index (χ3v) is 3.77. The highest BCUT2D eigenvalue weighted by Gasteiger charge is 2.34. The normalized spacial score (nSPS) is 22.0. The summed E-state index contributed by atoms with van der Waals surface area (Å²) in [6.07, 6.45) is 1.80. The monoisotopic (exact) mass is 385 g/mol. The zero-order valence-electron chi connectivity index (χ0n) is 16.7. The fraction of sp³-hybridized carbons (Fsp3) is 0.706. The van der Waals surface area contributed by atoms with Gasteiger partial charge in [-0.1, -0.05) is 20.8 Å². The maximum atomic E-state index is 12.1. The van der Waals surface area contributed by atoms with Gasteiger partial charge in [0.2, 0.25) is 5.95 Å². The lowest BCUT2D eigenvalue weighted by Gasteiger charge is -2.17. The van der Waals surface area contributed by atoms with Crippen molar-refractivity contribution in [3.63, 3.8) is 0 Å². The van der Waals surface area contributed by atoms with E-state index in [0.717, 1.165) is 6.42 Å². The molecule has 5 N–H and O–H groups in total. The molecule has 0 saturated carbocycles. The van der Waals surface area contributed by atoms with Gasteiger partial charge in [-0.2, -0.15) is 4.98 Å². The molecule has 1 fully saturated rings. The molecule has 0 amide bonds. The van der Waals surface area contributed by atoms with Crippen LogP contribution in [0.3, 0.4) is 0 Å². The molecule has 3 heterocycles. The average molecular weight is 385 g/mol. The van der Waals surface area contributed by atoms with Crippen molar-refractivity contribution in [2.75, 3.05) is 12.3 Å². The van der Waals surface area contributed by atoms with Crippen LogP contribution in [0.25, 0.3) is 11.2 Å². The topological polar surface area (TPSA) is 149 Å². The van der Waals surface area contributed by atoms with Crippen LogP contribution in [0, 0.1) is 5.92 Å². The summed E-state index contributed by atoms with van der Waals surface area (Å²) < 4.78 is 8.74. The SMILES string of the molecule is CC.CC(C)(O)O.CC1CC(CO)OC1n1cnc2c(=O)n(C)c(N)nc21. The van der Waals surface area contributed by atoms with Crippen LogP contribution in [-0.4, -0.2) is 52.9 Å². The second-order valence-electron chi connectivity index (χ2n) is 6.70. The highest BCUT2D eigenvalue weighted by molar-refractivity contribution is 5.70. The molecule has 154 valence electrons. The number of ether oxygens (including phenoxy) is 1. The first-order chi connectivity index (χ1) is 12.5. The minimum atomic E-state index is -1.50. The molecule has 0 radical (unpaired) electrons. The van der Waals surface area contributed by atoms with E-state index >= 15 is 0 Å². The van der Waals surface area contributed by atoms with Gasteiger partial charge in [0, 0.05) is 13.0 Å². The minimum Gasteiger partial charge on any atom is -0.394 e. The summed E-state index contributed by atoms with van der Waals surface area (Å²) in [6.45, 7) is 8.60. The number of imidazole rings is 1. The molecule has 2 aromatic heterocycles. The van der Waals surface area contributed by atoms with Crippen molar-refractivity contribution in [1.29, 1.82) is 0 Å². The van der Waals surface area contributed by atoms with Gasteiger partial charge in [0.1, 0.15) is 6.23 Å². The summed E-state index contributed by atoms with van der Waals surface area (Å²) in [7, 11) is 1.56. The van der Waals surface area contributed by atoms with Gasteiger partial charge in [0.05, 0.1) is 19.0 Å². The first-order valence-corrected chi connectivity index (χ1v) is 8.93. The first-order valence-electron chi connectivity index (χ1n) is 8.93. The Morgan fingerprint density at radius 1 is 1.37 bits per heavy atom. The predicted molar refractivity (Wildman–Crippen MR) is 102 cm³/mol. The lowest BCUT2D eigenvalue weighted by Crippen LogP contribution is -2.23. The number of nitrogens with zero attached hydrogens (tertiary/aromatic N) is 4. The molecule has 10 nitrogen and oxygen atoms in total. The molecule has 1 saturated heterocycles. The van der Waals surface area contributed by atoms with Gasteiger partial charge in [-0.15, -0.1) is 0 Å². The summed E-state index contributed by atoms with van der Waals surface area (Å²) in [5.41, 5.74) is 6.14. The van der Waals surface area contributed by atoms with Gasteiger partial charge in [0.15, 0.2) is 17.0 Å². The van der Waals surface area contributed by atoms with E-state index in [-0.39, 0.29) is 41.9 Å². The summed E-state index contributed by atoms with van der Waals surface area (Å²) >= 11 is 0. The molecule has 1 aliphatic heterocycles. The summed E-state index contributed by atoms with van der Waals surface area (Å²) in [5, 5.41) is 25.4. The van der Waals surface area contributed by atoms with Gasteiger partial charge >= 0.3 is 0 Å². The number of hydrogen-bond donors (Lipinski definition) is 4. The Morgan fingerprint density at radius 2 is 1.93 bits per heavy atom. The second kappa shape index (κ2) is 9.27. The third-order valence-electron chi connectivity index (χ3n) is 3.77. The van der Waals surface area contributed by atoms with Crippen LogP contribution in [0.1, 0.15) is 47.3 Å². The summed E-state index contributed by atoms with van der Waals surface area (Å²) in [5.74, 6) is -1.18. The summed E-state index contributed by atoms with van der Waals surface area (Å²) in [4.78, 5) is 20.4. The average Bonchev–Trinajstić information content (AvgIpc) is 3.16. The predicted octanol–water partition coefficient (Wildman–Crippen LogP) is 0.361. The van der Waals surface area contributed by atoms with Gasteiger partial charge in [-0.3, -0.25) is 13.9 Å². The lowest BCUT2D eigenvalue weighted by atomic mass is 10.1. The quantitative estimate of drug-likeness (QED) is 0.542. The minimum absolute atomic E-state index is 0.0230. The van der Waals surface area contributed by atoms with Crippen molar-refractivity contribution < 1.29 is 20.1 Å². The Balaban J connectivity index is 0.000000454. The smallest absolute Gasteiger partial charge is 0.282 e. The Morgan fingerprint density at radius 3 is 2.41 bits per heavy atom. The van der Waals surface area contributed by atoms with Crippen molar-refractivity contribution in [1.82, 2.24) is 19.1 Å². The van der Waals surface area contributed by atoms with Crippen LogP contribution in [0.5, 0.6) is 0 Å². The molecule has 3 unspecified atom stereocenters. The van der Waals surface area contributed by atoms with Gasteiger partial charge < -0.3 is 25.8 Å². The van der Waals surface area contributed by atoms with E-state index in [9.17, 15) is 9.90 Å². The molecular formula is C17H31N5O5. The van der Waals surface area contributed by atoms with Gasteiger partial charge in [-0.05, 0) is 20.3 Å². The maximum Gasteiger partial charge on any atom is 0.282 e. The van der Waals surface area contributed by atoms with Crippen LogP contribution < -0.4 is 11.3 Å². The van der Waals surface area contributed by atoms with E-state index in [1.807, 2.05) is 20.8 Å². The number of fused-ring (bicyclic) bond motifs is 1. The van der Waals surface area contributed by atoms with E-state index < -0.39 is 5.79 Å². The Hall–Kier alpha value is -2.01. The maximum absolute atomic E-state index is 12.1. The second-order valence-corrected chi connectivity index (χ2v) is 6.70. The molecule has 0 aromatic carbocycles. The van der Waals surface area contributed by atoms with E-state index in [4.69, 9.17) is 20.7 Å². The number of aliphatic hydroxyl groups excluding tert-OH is 1. The van der Waals surface area contributed by atoms with Crippen LogP contribution in [0.4, 0.5) is 5.95 Å². The van der Waals surface area contributed by atoms with Gasteiger partial charge in [-0.25, -0.2) is 4.98 Å². The van der Waals surface area contributed by atoms with Crippen LogP contribution in [-0.2, 0) is 11.8 Å². The number of nitrogen functional groups attached to an aromatic ring is 1. The van der Waals surface area contributed by atoms with Crippen molar-refractivity contribution in [3.8, 4) is 0 Å². The van der Waals surface area contributed by atoms with E-state index in [1.54, 1.807) is 17.9 Å². The fourth-order valence-corrected chi connectivity index (χ4v) is 2.62. The van der Waals surface area contributed by atoms with E-state index in [2.05, 4.69) is 9.97 Å². The zero-order valence-corrected chi connectivity index (χ0v) is 16.7. The third kappa shape index (κ3) is 5.73. The number of aromatic nitrogens is 4. The number of anilines is 1. The van der Waals surface area contributed by atoms with Crippen molar-refractivity contribution in [3.05, 3.63) is 16.7 Å². The number of nitrogens with two attached hydrogens (primary N) is 1. The van der Waals surface area contributed by atoms with Crippen LogP contribution in [0.2, 0.25) is 0 Å². The van der Waals surface area contributed by atoms with Crippen molar-refractivity contribution >= 4 is 17.1 Å². The first kappa shape index (κ1) is 23.0. The van der Waals surface area contributed by atoms with Crippen LogP contribution >= 0.6 is 0 Å². The molecular weight excluding hydrogens is 354 g/mol. The molecule has 3 rings (SSSR count).